The van der Waals surface area contributed by atoms with Crippen molar-refractivity contribution < 1.29 is 0 Å². The van der Waals surface area contributed by atoms with Crippen LogP contribution in [0.5, 0.6) is 0 Å². The SMILES string of the molecule is N#CCCN(Cc1cccnc1)c1ccc(CBr)c(Cl)c1. The Morgan fingerprint density at radius 3 is 2.81 bits per heavy atom. The minimum atomic E-state index is 0.470. The molecule has 0 saturated carbocycles. The van der Waals surface area contributed by atoms with Gasteiger partial charge in [-0.05, 0) is 29.3 Å². The highest BCUT2D eigenvalue weighted by Crippen LogP contribution is 2.26. The Morgan fingerprint density at radius 1 is 1.33 bits per heavy atom. The van der Waals surface area contributed by atoms with Gasteiger partial charge in [-0.3, -0.25) is 4.98 Å². The van der Waals surface area contributed by atoms with Gasteiger partial charge in [0, 0.05) is 41.5 Å². The number of pyridine rings is 1. The molecule has 2 rings (SSSR count). The molecule has 0 bridgehead atoms. The van der Waals surface area contributed by atoms with E-state index in [1.807, 2.05) is 36.5 Å². The topological polar surface area (TPSA) is 39.9 Å². The number of benzene rings is 1. The van der Waals surface area contributed by atoms with E-state index in [1.54, 1.807) is 6.20 Å². The molecular formula is C16H15BrClN3. The highest BCUT2D eigenvalue weighted by atomic mass is 79.9. The lowest BCUT2D eigenvalue weighted by Crippen LogP contribution is -2.23. The van der Waals surface area contributed by atoms with E-state index in [1.165, 1.54) is 0 Å². The fourth-order valence-corrected chi connectivity index (χ4v) is 2.93. The molecule has 0 N–H and O–H groups in total. The Kier molecular flexibility index (Phi) is 6.04. The molecule has 0 saturated heterocycles. The Morgan fingerprint density at radius 2 is 2.19 bits per heavy atom. The smallest absolute Gasteiger partial charge is 0.0640 e. The van der Waals surface area contributed by atoms with Crippen molar-refractivity contribution in [3.63, 3.8) is 0 Å². The number of nitriles is 1. The second kappa shape index (κ2) is 8.02. The predicted octanol–water partition coefficient (Wildman–Crippen LogP) is 4.55. The number of aromatic nitrogens is 1. The van der Waals surface area contributed by atoms with E-state index >= 15 is 0 Å². The number of hydrogen-bond donors (Lipinski definition) is 0. The van der Waals surface area contributed by atoms with Crippen LogP contribution in [-0.4, -0.2) is 11.5 Å². The molecule has 5 heteroatoms. The molecule has 3 nitrogen and oxygen atoms in total. The van der Waals surface area contributed by atoms with E-state index in [4.69, 9.17) is 16.9 Å². The molecule has 1 aromatic carbocycles. The van der Waals surface area contributed by atoms with E-state index in [0.29, 0.717) is 19.5 Å². The van der Waals surface area contributed by atoms with Crippen LogP contribution < -0.4 is 4.90 Å². The molecule has 0 amide bonds. The average Bonchev–Trinajstić information content (AvgIpc) is 2.52. The molecular weight excluding hydrogens is 350 g/mol. The summed E-state index contributed by atoms with van der Waals surface area (Å²) in [5, 5.41) is 10.3. The van der Waals surface area contributed by atoms with Gasteiger partial charge in [0.05, 0.1) is 12.5 Å². The van der Waals surface area contributed by atoms with Crippen LogP contribution in [0.15, 0.2) is 42.7 Å². The summed E-state index contributed by atoms with van der Waals surface area (Å²) in [6.45, 7) is 1.37. The normalized spacial score (nSPS) is 10.1. The second-order valence-corrected chi connectivity index (χ2v) is 5.57. The van der Waals surface area contributed by atoms with Crippen molar-refractivity contribution in [3.05, 3.63) is 58.9 Å². The van der Waals surface area contributed by atoms with Crippen molar-refractivity contribution in [2.24, 2.45) is 0 Å². The number of alkyl halides is 1. The summed E-state index contributed by atoms with van der Waals surface area (Å²) >= 11 is 9.69. The van der Waals surface area contributed by atoms with Crippen LogP contribution in [0, 0.1) is 11.3 Å². The van der Waals surface area contributed by atoms with E-state index in [2.05, 4.69) is 31.9 Å². The van der Waals surface area contributed by atoms with Crippen molar-refractivity contribution in [1.82, 2.24) is 4.98 Å². The predicted molar refractivity (Wildman–Crippen MR) is 89.6 cm³/mol. The maximum Gasteiger partial charge on any atom is 0.0640 e. The second-order valence-electron chi connectivity index (χ2n) is 4.60. The summed E-state index contributed by atoms with van der Waals surface area (Å²) in [7, 11) is 0. The highest BCUT2D eigenvalue weighted by molar-refractivity contribution is 9.08. The van der Waals surface area contributed by atoms with Crippen molar-refractivity contribution in [1.29, 1.82) is 5.26 Å². The van der Waals surface area contributed by atoms with Crippen LogP contribution >= 0.6 is 27.5 Å². The van der Waals surface area contributed by atoms with Crippen LogP contribution in [0.2, 0.25) is 5.02 Å². The molecule has 1 heterocycles. The van der Waals surface area contributed by atoms with Crippen LogP contribution in [0.25, 0.3) is 0 Å². The van der Waals surface area contributed by atoms with Gasteiger partial charge < -0.3 is 4.90 Å². The lowest BCUT2D eigenvalue weighted by atomic mass is 10.2. The van der Waals surface area contributed by atoms with Gasteiger partial charge in [0.2, 0.25) is 0 Å². The molecule has 0 spiro atoms. The summed E-state index contributed by atoms with van der Waals surface area (Å²) < 4.78 is 0. The average molecular weight is 365 g/mol. The number of anilines is 1. The first kappa shape index (κ1) is 15.8. The minimum absolute atomic E-state index is 0.470. The fourth-order valence-electron chi connectivity index (χ4n) is 2.04. The van der Waals surface area contributed by atoms with Crippen LogP contribution in [0.4, 0.5) is 5.69 Å². The summed E-state index contributed by atoms with van der Waals surface area (Å²) in [4.78, 5) is 6.28. The summed E-state index contributed by atoms with van der Waals surface area (Å²) in [6.07, 6.45) is 4.07. The van der Waals surface area contributed by atoms with Gasteiger partial charge in [-0.1, -0.05) is 39.7 Å². The molecule has 21 heavy (non-hydrogen) atoms. The van der Waals surface area contributed by atoms with Crippen LogP contribution in [0.1, 0.15) is 17.5 Å². The number of rotatable bonds is 6. The lowest BCUT2D eigenvalue weighted by Gasteiger charge is -2.24. The zero-order valence-corrected chi connectivity index (χ0v) is 13.8. The Hall–Kier alpha value is -1.57. The third kappa shape index (κ3) is 4.45. The van der Waals surface area contributed by atoms with Gasteiger partial charge in [-0.25, -0.2) is 0 Å². The molecule has 0 aliphatic carbocycles. The van der Waals surface area contributed by atoms with Crippen molar-refractivity contribution in [2.45, 2.75) is 18.3 Å². The molecule has 108 valence electrons. The first-order valence-electron chi connectivity index (χ1n) is 6.60. The third-order valence-corrected chi connectivity index (χ3v) is 4.09. The standard InChI is InChI=1S/C16H15BrClN3/c17-10-14-4-5-15(9-16(14)18)21(8-2-6-19)12-13-3-1-7-20-11-13/h1,3-5,7,9,11H,2,8,10,12H2. The van der Waals surface area contributed by atoms with Crippen molar-refractivity contribution in [3.8, 4) is 6.07 Å². The molecule has 0 aliphatic rings. The van der Waals surface area contributed by atoms with Gasteiger partial charge >= 0.3 is 0 Å². The molecule has 1 aromatic heterocycles. The van der Waals surface area contributed by atoms with Crippen LogP contribution in [-0.2, 0) is 11.9 Å². The van der Waals surface area contributed by atoms with E-state index < -0.39 is 0 Å². The maximum absolute atomic E-state index is 8.84. The molecule has 0 atom stereocenters. The molecule has 0 fully saturated rings. The van der Waals surface area contributed by atoms with E-state index in [-0.39, 0.29) is 0 Å². The Balaban J connectivity index is 2.23. The quantitative estimate of drug-likeness (QED) is 0.706. The third-order valence-electron chi connectivity index (χ3n) is 3.14. The van der Waals surface area contributed by atoms with Crippen LogP contribution in [0.3, 0.4) is 0 Å². The zero-order chi connectivity index (χ0) is 15.1. The first-order valence-corrected chi connectivity index (χ1v) is 8.09. The molecule has 0 radical (unpaired) electrons. The van der Waals surface area contributed by atoms with Gasteiger partial charge in [0.25, 0.3) is 0 Å². The van der Waals surface area contributed by atoms with Crippen molar-refractivity contribution >= 4 is 33.2 Å². The first-order chi connectivity index (χ1) is 10.2. The monoisotopic (exact) mass is 363 g/mol. The molecule has 2 aromatic rings. The van der Waals surface area contributed by atoms with Gasteiger partial charge in [-0.2, -0.15) is 5.26 Å². The summed E-state index contributed by atoms with van der Waals surface area (Å²) in [5.41, 5.74) is 3.18. The summed E-state index contributed by atoms with van der Waals surface area (Å²) in [5.74, 6) is 0. The summed E-state index contributed by atoms with van der Waals surface area (Å²) in [6, 6.07) is 12.1. The molecule has 0 unspecified atom stereocenters. The zero-order valence-electron chi connectivity index (χ0n) is 11.5. The minimum Gasteiger partial charge on any atom is -0.366 e. The van der Waals surface area contributed by atoms with Gasteiger partial charge in [-0.15, -0.1) is 0 Å². The number of nitrogens with zero attached hydrogens (tertiary/aromatic N) is 3. The number of hydrogen-bond acceptors (Lipinski definition) is 3. The van der Waals surface area contributed by atoms with E-state index in [9.17, 15) is 0 Å². The lowest BCUT2D eigenvalue weighted by molar-refractivity contribution is 0.795. The maximum atomic E-state index is 8.84. The fraction of sp³-hybridized carbons (Fsp3) is 0.250. The van der Waals surface area contributed by atoms with Gasteiger partial charge in [0.15, 0.2) is 0 Å². The highest BCUT2D eigenvalue weighted by Gasteiger charge is 2.09. The number of halogens is 2. The largest absolute Gasteiger partial charge is 0.366 e. The van der Waals surface area contributed by atoms with Gasteiger partial charge in [0.1, 0.15) is 0 Å². The Bertz CT molecular complexity index is 625. The molecule has 0 aliphatic heterocycles. The van der Waals surface area contributed by atoms with Crippen molar-refractivity contribution in [2.75, 3.05) is 11.4 Å². The van der Waals surface area contributed by atoms with E-state index in [0.717, 1.165) is 27.2 Å². The Labute approximate surface area is 138 Å².